The molecule has 0 saturated carbocycles. The number of hydrogen-bond donors (Lipinski definition) is 0. The van der Waals surface area contributed by atoms with E-state index in [2.05, 4.69) is 41.8 Å². The predicted molar refractivity (Wildman–Crippen MR) is 78.6 cm³/mol. The van der Waals surface area contributed by atoms with Crippen LogP contribution < -0.4 is 0 Å². The fraction of sp³-hybridized carbons (Fsp3) is 0.214. The Morgan fingerprint density at radius 1 is 1.41 bits per heavy atom. The molecule has 0 radical (unpaired) electrons. The largest absolute Gasteiger partial charge is 0.288 e. The van der Waals surface area contributed by atoms with E-state index in [0.29, 0.717) is 0 Å². The van der Waals surface area contributed by atoms with Crippen LogP contribution in [-0.4, -0.2) is 10.9 Å². The van der Waals surface area contributed by atoms with E-state index in [9.17, 15) is 4.79 Å². The van der Waals surface area contributed by atoms with E-state index in [1.54, 1.807) is 18.3 Å². The predicted octanol–water partition coefficient (Wildman–Crippen LogP) is 4.58. The minimum absolute atomic E-state index is 0.193. The molecule has 0 spiro atoms. The maximum absolute atomic E-state index is 10.8. The molecule has 0 aliphatic carbocycles. The molecule has 0 N–H and O–H groups in total. The molecule has 2 aromatic rings. The molecule has 0 bridgehead atoms. The van der Waals surface area contributed by atoms with Gasteiger partial charge in [-0.05, 0) is 34.9 Å². The lowest BCUT2D eigenvalue weighted by Crippen LogP contribution is -1.83. The summed E-state index contributed by atoms with van der Waals surface area (Å²) in [6.07, 6.45) is 5.23. The van der Waals surface area contributed by atoms with Gasteiger partial charge in [0.2, 0.25) is 0 Å². The van der Waals surface area contributed by atoms with Crippen molar-refractivity contribution in [3.05, 3.63) is 41.3 Å². The fourth-order valence-corrected chi connectivity index (χ4v) is 3.01. The molecule has 3 heteroatoms. The monoisotopic (exact) mass is 262 g/mol. The average Bonchev–Trinajstić information content (AvgIpc) is 2.77. The average molecular weight is 262 g/mol. The Morgan fingerprint density at radius 2 is 2.29 bits per heavy atom. The first kappa shape index (κ1) is 12.4. The van der Waals surface area contributed by atoms with Gasteiger partial charge in [0.05, 0.1) is 0 Å². The number of hydrogen-bond acceptors (Lipinski definition) is 3. The first-order valence-corrected chi connectivity index (χ1v) is 7.40. The van der Waals surface area contributed by atoms with E-state index < -0.39 is 0 Å². The second-order valence-electron chi connectivity index (χ2n) is 3.71. The molecule has 0 amide bonds. The molecular weight excluding hydrogens is 248 g/mol. The summed E-state index contributed by atoms with van der Waals surface area (Å²) in [5, 5.41) is 3.62. The molecule has 2 rings (SSSR count). The Kier molecular flexibility index (Phi) is 4.40. The Bertz CT molecular complexity index is 540. The smallest absolute Gasteiger partial charge is 0.185 e. The molecule has 0 aliphatic heterocycles. The zero-order chi connectivity index (χ0) is 12.1. The lowest BCUT2D eigenvalue weighted by molar-refractivity contribution is -0.109. The quantitative estimate of drug-likeness (QED) is 0.750. The Morgan fingerprint density at radius 3 is 3.12 bits per heavy atom. The van der Waals surface area contributed by atoms with E-state index in [1.807, 2.05) is 0 Å². The second-order valence-corrected chi connectivity index (χ2v) is 5.93. The molecule has 1 nitrogen and oxygen atoms in total. The first-order chi connectivity index (χ1) is 8.27. The van der Waals surface area contributed by atoms with Crippen LogP contribution in [0.5, 0.6) is 0 Å². The van der Waals surface area contributed by atoms with Gasteiger partial charge in [-0.2, -0.15) is 0 Å². The van der Waals surface area contributed by atoms with E-state index in [1.165, 1.54) is 27.4 Å². The lowest BCUT2D eigenvalue weighted by atomic mass is 10.1. The van der Waals surface area contributed by atoms with Gasteiger partial charge >= 0.3 is 0 Å². The topological polar surface area (TPSA) is 17.1 Å². The lowest BCUT2D eigenvalue weighted by Gasteiger charge is -1.96. The van der Waals surface area contributed by atoms with Crippen LogP contribution in [0.4, 0.5) is 0 Å². The summed E-state index contributed by atoms with van der Waals surface area (Å²) in [5.41, 5.74) is 1.26. The minimum Gasteiger partial charge on any atom is -0.288 e. The summed E-state index contributed by atoms with van der Waals surface area (Å²) in [4.78, 5) is 10.8. The Balaban J connectivity index is 2.00. The number of carbonyl (C=O) groups is 1. The molecule has 0 fully saturated rings. The number of fused-ring (bicyclic) bond motifs is 1. The molecular formula is C14H14OS2. The highest BCUT2D eigenvalue weighted by atomic mass is 32.2. The number of thiophene rings is 1. The van der Waals surface area contributed by atoms with Crippen LogP contribution in [0.2, 0.25) is 0 Å². The van der Waals surface area contributed by atoms with Crippen molar-refractivity contribution in [1.82, 2.24) is 0 Å². The number of rotatable bonds is 4. The van der Waals surface area contributed by atoms with E-state index in [0.717, 1.165) is 12.2 Å². The van der Waals surface area contributed by atoms with Crippen molar-refractivity contribution in [3.63, 3.8) is 0 Å². The van der Waals surface area contributed by atoms with Gasteiger partial charge in [0, 0.05) is 17.4 Å². The standard InChI is InChI=1S/C14H14OS2/c1-11(15)16-9-3-2-5-12-6-4-7-14-13(12)8-10-17-14/h2,4-8,10H,3,9H2,1H3. The van der Waals surface area contributed by atoms with Crippen LogP contribution in [-0.2, 0) is 4.79 Å². The van der Waals surface area contributed by atoms with E-state index in [-0.39, 0.29) is 5.12 Å². The van der Waals surface area contributed by atoms with Crippen molar-refractivity contribution < 1.29 is 4.79 Å². The summed E-state index contributed by atoms with van der Waals surface area (Å²) in [5.74, 6) is 0.867. The summed E-state index contributed by atoms with van der Waals surface area (Å²) in [6.45, 7) is 1.61. The van der Waals surface area contributed by atoms with Crippen LogP contribution in [0, 0.1) is 0 Å². The molecule has 0 aliphatic rings. The van der Waals surface area contributed by atoms with Gasteiger partial charge in [-0.25, -0.2) is 0 Å². The molecule has 0 saturated heterocycles. The van der Waals surface area contributed by atoms with Gasteiger partial charge in [0.1, 0.15) is 0 Å². The zero-order valence-electron chi connectivity index (χ0n) is 9.68. The third-order valence-corrected chi connectivity index (χ3v) is 4.15. The van der Waals surface area contributed by atoms with Gasteiger partial charge in [-0.1, -0.05) is 36.0 Å². The van der Waals surface area contributed by atoms with E-state index in [4.69, 9.17) is 0 Å². The van der Waals surface area contributed by atoms with Gasteiger partial charge in [-0.15, -0.1) is 11.3 Å². The number of thioether (sulfide) groups is 1. The van der Waals surface area contributed by atoms with Crippen LogP contribution >= 0.6 is 23.1 Å². The third kappa shape index (κ3) is 3.45. The van der Waals surface area contributed by atoms with Gasteiger partial charge in [-0.3, -0.25) is 4.79 Å². The molecule has 1 heterocycles. The van der Waals surface area contributed by atoms with Crippen molar-refractivity contribution in [1.29, 1.82) is 0 Å². The number of carbonyl (C=O) groups excluding carboxylic acids is 1. The summed E-state index contributed by atoms with van der Waals surface area (Å²) in [7, 11) is 0. The second kappa shape index (κ2) is 6.03. The highest BCUT2D eigenvalue weighted by molar-refractivity contribution is 8.13. The van der Waals surface area contributed by atoms with Crippen molar-refractivity contribution in [2.75, 3.05) is 5.75 Å². The molecule has 88 valence electrons. The van der Waals surface area contributed by atoms with Crippen molar-refractivity contribution in [2.45, 2.75) is 13.3 Å². The molecule has 17 heavy (non-hydrogen) atoms. The maximum atomic E-state index is 10.8. The molecule has 0 unspecified atom stereocenters. The van der Waals surface area contributed by atoms with Gasteiger partial charge < -0.3 is 0 Å². The van der Waals surface area contributed by atoms with Crippen LogP contribution in [0.1, 0.15) is 18.9 Å². The SMILES string of the molecule is CC(=O)SCCC=Cc1cccc2sccc12. The van der Waals surface area contributed by atoms with Crippen molar-refractivity contribution >= 4 is 44.4 Å². The number of benzene rings is 1. The zero-order valence-corrected chi connectivity index (χ0v) is 11.3. The Hall–Kier alpha value is -1.06. The van der Waals surface area contributed by atoms with Crippen LogP contribution in [0.3, 0.4) is 0 Å². The number of allylic oxidation sites excluding steroid dienone is 1. The summed E-state index contributed by atoms with van der Waals surface area (Å²) in [6, 6.07) is 8.51. The maximum Gasteiger partial charge on any atom is 0.185 e. The summed E-state index contributed by atoms with van der Waals surface area (Å²) >= 11 is 3.15. The fourth-order valence-electron chi connectivity index (χ4n) is 1.64. The minimum atomic E-state index is 0.193. The first-order valence-electron chi connectivity index (χ1n) is 5.53. The Labute approximate surface area is 110 Å². The molecule has 1 aromatic heterocycles. The normalized spacial score (nSPS) is 11.4. The van der Waals surface area contributed by atoms with Crippen LogP contribution in [0.15, 0.2) is 35.7 Å². The molecule has 0 atom stereocenters. The van der Waals surface area contributed by atoms with Gasteiger partial charge in [0.15, 0.2) is 5.12 Å². The summed E-state index contributed by atoms with van der Waals surface area (Å²) < 4.78 is 1.32. The third-order valence-electron chi connectivity index (χ3n) is 2.42. The highest BCUT2D eigenvalue weighted by Crippen LogP contribution is 2.25. The highest BCUT2D eigenvalue weighted by Gasteiger charge is 1.98. The van der Waals surface area contributed by atoms with Crippen molar-refractivity contribution in [2.24, 2.45) is 0 Å². The molecule has 1 aromatic carbocycles. The van der Waals surface area contributed by atoms with Crippen molar-refractivity contribution in [3.8, 4) is 0 Å². The van der Waals surface area contributed by atoms with Gasteiger partial charge in [0.25, 0.3) is 0 Å². The van der Waals surface area contributed by atoms with Crippen LogP contribution in [0.25, 0.3) is 16.2 Å². The van der Waals surface area contributed by atoms with E-state index >= 15 is 0 Å².